The molecule has 10 heteroatoms. The highest BCUT2D eigenvalue weighted by Gasteiger charge is 2.14. The van der Waals surface area contributed by atoms with Gasteiger partial charge >= 0.3 is 0 Å². The summed E-state index contributed by atoms with van der Waals surface area (Å²) in [6, 6.07) is 8.54. The van der Waals surface area contributed by atoms with Crippen LogP contribution in [-0.2, 0) is 19.6 Å². The van der Waals surface area contributed by atoms with E-state index in [1.165, 1.54) is 37.4 Å². The molecule has 7 nitrogen and oxygen atoms in total. The largest absolute Gasteiger partial charge is 0.484 e. The molecule has 0 spiro atoms. The Morgan fingerprint density at radius 1 is 1.07 bits per heavy atom. The number of amides is 1. The summed E-state index contributed by atoms with van der Waals surface area (Å²) in [5, 5.41) is 2.08. The molecule has 0 radical (unpaired) electrons. The number of benzene rings is 2. The molecule has 27 heavy (non-hydrogen) atoms. The Kier molecular flexibility index (Phi) is 7.22. The first-order chi connectivity index (χ1) is 12.8. The molecule has 0 unspecified atom stereocenters. The Labute approximate surface area is 155 Å². The second kappa shape index (κ2) is 9.40. The molecule has 2 N–H and O–H groups in total. The summed E-state index contributed by atoms with van der Waals surface area (Å²) in [5.41, 5.74) is -0.560. The third kappa shape index (κ3) is 5.98. The van der Waals surface area contributed by atoms with Gasteiger partial charge in [0.15, 0.2) is 6.61 Å². The molecule has 2 rings (SSSR count). The van der Waals surface area contributed by atoms with Crippen LogP contribution in [0.2, 0.25) is 0 Å². The van der Waals surface area contributed by atoms with Gasteiger partial charge < -0.3 is 14.8 Å². The molecular formula is C17H18F2N2O5S. The number of nitrogens with one attached hydrogen (secondary N) is 2. The highest BCUT2D eigenvalue weighted by atomic mass is 32.2. The van der Waals surface area contributed by atoms with Crippen LogP contribution in [0.25, 0.3) is 0 Å². The van der Waals surface area contributed by atoms with Crippen LogP contribution in [0, 0.1) is 11.6 Å². The highest BCUT2D eigenvalue weighted by Crippen LogP contribution is 2.19. The summed E-state index contributed by atoms with van der Waals surface area (Å²) in [7, 11) is -2.22. The molecule has 1 amide bonds. The summed E-state index contributed by atoms with van der Waals surface area (Å²) in [6.07, 6.45) is 0. The molecule has 0 bridgehead atoms. The molecule has 2 aromatic rings. The smallest absolute Gasteiger partial charge is 0.262 e. The molecule has 2 aromatic carbocycles. The minimum absolute atomic E-state index is 0.0174. The van der Waals surface area contributed by atoms with Gasteiger partial charge in [-0.05, 0) is 36.4 Å². The number of sulfonamides is 1. The predicted molar refractivity (Wildman–Crippen MR) is 94.0 cm³/mol. The normalized spacial score (nSPS) is 11.2. The number of carbonyl (C=O) groups is 1. The topological polar surface area (TPSA) is 93.7 Å². The molecule has 0 saturated carbocycles. The quantitative estimate of drug-likeness (QED) is 0.627. The third-order valence-electron chi connectivity index (χ3n) is 3.33. The highest BCUT2D eigenvalue weighted by molar-refractivity contribution is 7.89. The first kappa shape index (κ1) is 20.7. The third-order valence-corrected chi connectivity index (χ3v) is 4.81. The van der Waals surface area contributed by atoms with Gasteiger partial charge in [-0.15, -0.1) is 0 Å². The fourth-order valence-corrected chi connectivity index (χ4v) is 3.03. The van der Waals surface area contributed by atoms with Gasteiger partial charge in [0.1, 0.15) is 23.1 Å². The van der Waals surface area contributed by atoms with Gasteiger partial charge in [0.2, 0.25) is 10.0 Å². The maximum Gasteiger partial charge on any atom is 0.262 e. The zero-order valence-electron chi connectivity index (χ0n) is 14.4. The van der Waals surface area contributed by atoms with Crippen molar-refractivity contribution in [3.63, 3.8) is 0 Å². The van der Waals surface area contributed by atoms with Gasteiger partial charge in [-0.25, -0.2) is 21.9 Å². The molecule has 0 aliphatic heterocycles. The average molecular weight is 400 g/mol. The van der Waals surface area contributed by atoms with Gasteiger partial charge in [-0.1, -0.05) is 6.07 Å². The van der Waals surface area contributed by atoms with Gasteiger partial charge in [0, 0.05) is 13.7 Å². The van der Waals surface area contributed by atoms with Crippen molar-refractivity contribution in [3.8, 4) is 5.75 Å². The van der Waals surface area contributed by atoms with Gasteiger partial charge in [-0.3, -0.25) is 4.79 Å². The van der Waals surface area contributed by atoms with E-state index in [1.807, 2.05) is 0 Å². The number of carbonyl (C=O) groups excluding carboxylic acids is 1. The molecular weight excluding hydrogens is 382 g/mol. The summed E-state index contributed by atoms with van der Waals surface area (Å²) >= 11 is 0. The van der Waals surface area contributed by atoms with E-state index in [9.17, 15) is 22.0 Å². The van der Waals surface area contributed by atoms with Crippen molar-refractivity contribution >= 4 is 21.6 Å². The molecule has 146 valence electrons. The van der Waals surface area contributed by atoms with E-state index in [0.717, 1.165) is 12.1 Å². The van der Waals surface area contributed by atoms with Crippen molar-refractivity contribution in [3.05, 3.63) is 54.1 Å². The van der Waals surface area contributed by atoms with Crippen molar-refractivity contribution < 1.29 is 31.5 Å². The summed E-state index contributed by atoms with van der Waals surface area (Å²) in [4.78, 5) is 11.8. The number of hydrogen-bond donors (Lipinski definition) is 2. The van der Waals surface area contributed by atoms with Crippen LogP contribution in [-0.4, -0.2) is 41.2 Å². The maximum absolute atomic E-state index is 13.5. The van der Waals surface area contributed by atoms with E-state index in [2.05, 4.69) is 10.0 Å². The van der Waals surface area contributed by atoms with Crippen LogP contribution >= 0.6 is 0 Å². The van der Waals surface area contributed by atoms with Crippen LogP contribution in [0.5, 0.6) is 5.75 Å². The van der Waals surface area contributed by atoms with Crippen molar-refractivity contribution in [2.24, 2.45) is 0 Å². The number of halogens is 2. The van der Waals surface area contributed by atoms with Crippen molar-refractivity contribution in [2.45, 2.75) is 4.90 Å². The number of para-hydroxylation sites is 1. The Balaban J connectivity index is 1.92. The Morgan fingerprint density at radius 3 is 2.30 bits per heavy atom. The van der Waals surface area contributed by atoms with Crippen LogP contribution < -0.4 is 14.8 Å². The van der Waals surface area contributed by atoms with Gasteiger partial charge in [-0.2, -0.15) is 0 Å². The Hall–Kier alpha value is -2.56. The fourth-order valence-electron chi connectivity index (χ4n) is 2.02. The lowest BCUT2D eigenvalue weighted by molar-refractivity contribution is -0.118. The Bertz CT molecular complexity index is 868. The Morgan fingerprint density at radius 2 is 1.70 bits per heavy atom. The minimum Gasteiger partial charge on any atom is -0.484 e. The van der Waals surface area contributed by atoms with Gasteiger partial charge in [0.25, 0.3) is 5.91 Å². The number of ether oxygens (including phenoxy) is 2. The summed E-state index contributed by atoms with van der Waals surface area (Å²) < 4.78 is 63.3. The molecule has 0 aliphatic carbocycles. The van der Waals surface area contributed by atoms with E-state index in [4.69, 9.17) is 9.47 Å². The zero-order valence-corrected chi connectivity index (χ0v) is 15.2. The second-order valence-corrected chi connectivity index (χ2v) is 7.06. The van der Waals surface area contributed by atoms with Gasteiger partial charge in [0.05, 0.1) is 11.5 Å². The van der Waals surface area contributed by atoms with Crippen molar-refractivity contribution in [2.75, 3.05) is 32.2 Å². The second-order valence-electron chi connectivity index (χ2n) is 5.30. The monoisotopic (exact) mass is 400 g/mol. The number of rotatable bonds is 9. The van der Waals surface area contributed by atoms with E-state index < -0.39 is 39.9 Å². The lowest BCUT2D eigenvalue weighted by Gasteiger charge is -2.10. The molecule has 0 atom stereocenters. The first-order valence-corrected chi connectivity index (χ1v) is 9.27. The number of hydrogen-bond acceptors (Lipinski definition) is 5. The molecule has 0 aromatic heterocycles. The lowest BCUT2D eigenvalue weighted by atomic mass is 10.3. The lowest BCUT2D eigenvalue weighted by Crippen LogP contribution is -2.27. The number of methoxy groups -OCH3 is 1. The van der Waals surface area contributed by atoms with E-state index in [1.54, 1.807) is 0 Å². The molecule has 0 aliphatic rings. The average Bonchev–Trinajstić information content (AvgIpc) is 2.64. The molecule has 0 fully saturated rings. The van der Waals surface area contributed by atoms with E-state index >= 15 is 0 Å². The first-order valence-electron chi connectivity index (χ1n) is 7.79. The number of anilines is 1. The fraction of sp³-hybridized carbons (Fsp3) is 0.235. The SMILES string of the molecule is COCCNS(=O)(=O)c1ccc(OCC(=O)Nc2c(F)cccc2F)cc1. The minimum atomic E-state index is -3.68. The molecule has 0 saturated heterocycles. The van der Waals surface area contributed by atoms with Crippen molar-refractivity contribution in [1.82, 2.24) is 4.72 Å². The van der Waals surface area contributed by atoms with E-state index in [-0.39, 0.29) is 23.8 Å². The molecule has 0 heterocycles. The van der Waals surface area contributed by atoms with Crippen LogP contribution in [0.3, 0.4) is 0 Å². The standard InChI is InChI=1S/C17H18F2N2O5S/c1-25-10-9-20-27(23,24)13-7-5-12(6-8-13)26-11-16(22)21-17-14(18)3-2-4-15(17)19/h2-8,20H,9-11H2,1H3,(H,21,22). The summed E-state index contributed by atoms with van der Waals surface area (Å²) in [5.74, 6) is -2.36. The van der Waals surface area contributed by atoms with Crippen LogP contribution in [0.1, 0.15) is 0 Å². The van der Waals surface area contributed by atoms with Crippen molar-refractivity contribution in [1.29, 1.82) is 0 Å². The van der Waals surface area contributed by atoms with Crippen LogP contribution in [0.4, 0.5) is 14.5 Å². The van der Waals surface area contributed by atoms with Crippen LogP contribution in [0.15, 0.2) is 47.4 Å². The summed E-state index contributed by atoms with van der Waals surface area (Å²) in [6.45, 7) is -0.145. The zero-order chi connectivity index (χ0) is 19.9. The van der Waals surface area contributed by atoms with E-state index in [0.29, 0.717) is 0 Å². The predicted octanol–water partition coefficient (Wildman–Crippen LogP) is 1.91. The maximum atomic E-state index is 13.5.